The minimum absolute atomic E-state index is 0. The molecule has 2 rings (SSSR count). The summed E-state index contributed by atoms with van der Waals surface area (Å²) in [5.74, 6) is 0. The fourth-order valence-corrected chi connectivity index (χ4v) is 3.29. The second-order valence-corrected chi connectivity index (χ2v) is 5.94. The van der Waals surface area contributed by atoms with E-state index in [0.717, 1.165) is 10.9 Å². The minimum Gasteiger partial charge on any atom is -0.289 e. The Labute approximate surface area is 136 Å². The van der Waals surface area contributed by atoms with Gasteiger partial charge in [-0.1, -0.05) is 59.6 Å². The normalized spacial score (nSPS) is 10.5. The van der Waals surface area contributed by atoms with Crippen molar-refractivity contribution in [1.29, 1.82) is 0 Å². The summed E-state index contributed by atoms with van der Waals surface area (Å²) in [6, 6.07) is 13.1. The molecule has 0 spiro atoms. The Morgan fingerprint density at radius 3 is 2.32 bits per heavy atom. The van der Waals surface area contributed by atoms with E-state index in [1.54, 1.807) is 6.07 Å². The van der Waals surface area contributed by atoms with Crippen molar-refractivity contribution in [2.24, 2.45) is 0 Å². The summed E-state index contributed by atoms with van der Waals surface area (Å²) in [7, 11) is 0.0370. The molecule has 1 radical (unpaired) electrons. The van der Waals surface area contributed by atoms with Crippen LogP contribution in [0, 0.1) is 6.92 Å². The molecule has 93 valence electrons. The van der Waals surface area contributed by atoms with Gasteiger partial charge in [-0.25, -0.2) is 0 Å². The van der Waals surface area contributed by atoms with Crippen LogP contribution in [-0.2, 0) is 0 Å². The maximum absolute atomic E-state index is 12.3. The van der Waals surface area contributed by atoms with Gasteiger partial charge in [-0.05, 0) is 32.4 Å². The molecule has 0 N–H and O–H groups in total. The van der Waals surface area contributed by atoms with Crippen molar-refractivity contribution >= 4 is 61.5 Å². The number of halogens is 2. The third-order valence-corrected chi connectivity index (χ3v) is 4.44. The zero-order valence-electron chi connectivity index (χ0n) is 10.7. The minimum atomic E-state index is -0.0279. The maximum atomic E-state index is 12.3. The fraction of sp³-hybridized carbons (Fsp3) is 0.0714. The number of aryl methyl sites for hydroxylation is 1. The first-order valence-corrected chi connectivity index (χ1v) is 7.16. The molecular formula is C14H11Cl2LiOP. The average molecular weight is 304 g/mol. The predicted octanol–water partition coefficient (Wildman–Crippen LogP) is 4.07. The Bertz CT molecular complexity index is 587. The molecule has 0 fully saturated rings. The van der Waals surface area contributed by atoms with Gasteiger partial charge < -0.3 is 0 Å². The van der Waals surface area contributed by atoms with Crippen LogP contribution in [0.3, 0.4) is 0 Å². The van der Waals surface area contributed by atoms with Crippen molar-refractivity contribution in [2.45, 2.75) is 6.92 Å². The molecule has 1 atom stereocenters. The first-order valence-electron chi connectivity index (χ1n) is 5.40. The molecule has 0 saturated heterocycles. The monoisotopic (exact) mass is 303 g/mol. The Morgan fingerprint density at radius 2 is 1.68 bits per heavy atom. The molecule has 1 nitrogen and oxygen atoms in total. The van der Waals surface area contributed by atoms with Gasteiger partial charge in [0, 0.05) is 18.9 Å². The van der Waals surface area contributed by atoms with E-state index in [1.807, 2.05) is 43.3 Å². The molecule has 19 heavy (non-hydrogen) atoms. The van der Waals surface area contributed by atoms with Gasteiger partial charge in [0.05, 0.1) is 15.6 Å². The second-order valence-electron chi connectivity index (χ2n) is 3.87. The van der Waals surface area contributed by atoms with E-state index < -0.39 is 0 Å². The third-order valence-electron chi connectivity index (χ3n) is 2.54. The summed E-state index contributed by atoms with van der Waals surface area (Å²) >= 11 is 12.2. The quantitative estimate of drug-likeness (QED) is 0.617. The van der Waals surface area contributed by atoms with Crippen molar-refractivity contribution in [3.8, 4) is 0 Å². The maximum Gasteiger partial charge on any atom is 0.188 e. The summed E-state index contributed by atoms with van der Waals surface area (Å²) in [6.07, 6.45) is 0. The molecule has 0 aliphatic carbocycles. The average Bonchev–Trinajstić information content (AvgIpc) is 2.36. The van der Waals surface area contributed by atoms with Gasteiger partial charge in [0.15, 0.2) is 5.52 Å². The van der Waals surface area contributed by atoms with Crippen LogP contribution >= 0.6 is 31.8 Å². The van der Waals surface area contributed by atoms with Gasteiger partial charge in [0.1, 0.15) is 0 Å². The molecule has 0 bridgehead atoms. The number of carbonyl (C=O) groups is 1. The summed E-state index contributed by atoms with van der Waals surface area (Å²) in [5.41, 5.74) is 1.27. The first kappa shape index (κ1) is 16.8. The summed E-state index contributed by atoms with van der Waals surface area (Å²) in [4.78, 5) is 12.3. The SMILES string of the molecule is Cc1ccc(Cl)c(C(=O)Pc2ccccc2)c1Cl.[Li]. The molecule has 1 unspecified atom stereocenters. The van der Waals surface area contributed by atoms with Crippen molar-refractivity contribution in [1.82, 2.24) is 0 Å². The van der Waals surface area contributed by atoms with E-state index in [4.69, 9.17) is 23.2 Å². The standard InChI is InChI=1S/C14H11Cl2OP.Li/c1-9-7-8-11(15)12(13(9)16)14(17)18-10-5-3-2-4-6-10;/h2-8,18H,1H3;. The summed E-state index contributed by atoms with van der Waals surface area (Å²) < 4.78 is 0. The second kappa shape index (κ2) is 7.49. The van der Waals surface area contributed by atoms with Crippen LogP contribution in [0.4, 0.5) is 0 Å². The van der Waals surface area contributed by atoms with E-state index in [2.05, 4.69) is 0 Å². The molecule has 0 heterocycles. The van der Waals surface area contributed by atoms with Gasteiger partial charge in [0.25, 0.3) is 0 Å². The fourth-order valence-electron chi connectivity index (χ4n) is 1.58. The number of hydrogen-bond donors (Lipinski definition) is 0. The van der Waals surface area contributed by atoms with Gasteiger partial charge >= 0.3 is 0 Å². The van der Waals surface area contributed by atoms with Gasteiger partial charge in [-0.3, -0.25) is 4.79 Å². The number of rotatable bonds is 3. The number of hydrogen-bond acceptors (Lipinski definition) is 1. The van der Waals surface area contributed by atoms with Crippen molar-refractivity contribution in [2.75, 3.05) is 0 Å². The van der Waals surface area contributed by atoms with E-state index in [1.165, 1.54) is 0 Å². The zero-order valence-corrected chi connectivity index (χ0v) is 13.2. The van der Waals surface area contributed by atoms with Crippen LogP contribution < -0.4 is 5.30 Å². The predicted molar refractivity (Wildman–Crippen MR) is 85.7 cm³/mol. The Hall–Kier alpha value is -0.283. The smallest absolute Gasteiger partial charge is 0.188 e. The molecule has 0 aliphatic heterocycles. The Kier molecular flexibility index (Phi) is 6.61. The summed E-state index contributed by atoms with van der Waals surface area (Å²) in [5, 5.41) is 1.85. The van der Waals surface area contributed by atoms with Gasteiger partial charge in [-0.2, -0.15) is 0 Å². The van der Waals surface area contributed by atoms with Crippen LogP contribution in [0.25, 0.3) is 0 Å². The molecular weight excluding hydrogens is 293 g/mol. The van der Waals surface area contributed by atoms with Crippen LogP contribution in [0.1, 0.15) is 15.9 Å². The first-order chi connectivity index (χ1) is 8.59. The molecule has 0 saturated carbocycles. The number of benzene rings is 2. The van der Waals surface area contributed by atoms with Crippen LogP contribution in [0.5, 0.6) is 0 Å². The Morgan fingerprint density at radius 1 is 1.05 bits per heavy atom. The van der Waals surface area contributed by atoms with Gasteiger partial charge in [0.2, 0.25) is 0 Å². The number of carbonyl (C=O) groups excluding carboxylic acids is 1. The van der Waals surface area contributed by atoms with Crippen molar-refractivity contribution < 1.29 is 4.79 Å². The molecule has 0 aliphatic rings. The molecule has 5 heteroatoms. The molecule has 0 aromatic heterocycles. The van der Waals surface area contributed by atoms with Crippen LogP contribution in [-0.4, -0.2) is 24.4 Å². The van der Waals surface area contributed by atoms with E-state index in [9.17, 15) is 4.79 Å². The topological polar surface area (TPSA) is 17.1 Å². The van der Waals surface area contributed by atoms with E-state index >= 15 is 0 Å². The van der Waals surface area contributed by atoms with Crippen molar-refractivity contribution in [3.05, 3.63) is 63.6 Å². The van der Waals surface area contributed by atoms with Crippen LogP contribution in [0.2, 0.25) is 10.0 Å². The van der Waals surface area contributed by atoms with Gasteiger partial charge in [-0.15, -0.1) is 0 Å². The molecule has 2 aromatic rings. The van der Waals surface area contributed by atoms with Crippen LogP contribution in [0.15, 0.2) is 42.5 Å². The zero-order chi connectivity index (χ0) is 13.1. The van der Waals surface area contributed by atoms with E-state index in [-0.39, 0.29) is 33.0 Å². The Balaban J connectivity index is 0.00000180. The molecule has 0 amide bonds. The molecule has 2 aromatic carbocycles. The van der Waals surface area contributed by atoms with Crippen molar-refractivity contribution in [3.63, 3.8) is 0 Å². The van der Waals surface area contributed by atoms with E-state index in [0.29, 0.717) is 15.6 Å². The largest absolute Gasteiger partial charge is 0.289 e. The summed E-state index contributed by atoms with van der Waals surface area (Å²) in [6.45, 7) is 1.86. The third kappa shape index (κ3) is 4.09.